The molecule has 0 saturated carbocycles. The van der Waals surface area contributed by atoms with E-state index in [1.807, 2.05) is 49.4 Å². The maximum atomic E-state index is 12.5. The van der Waals surface area contributed by atoms with E-state index >= 15 is 0 Å². The number of ether oxygens (including phenoxy) is 1. The van der Waals surface area contributed by atoms with Gasteiger partial charge in [0, 0.05) is 18.0 Å². The minimum Gasteiger partial charge on any atom is -0.465 e. The third-order valence-electron chi connectivity index (χ3n) is 4.75. The number of hydrogen-bond donors (Lipinski definition) is 2. The second-order valence-corrected chi connectivity index (χ2v) is 9.37. The Morgan fingerprint density at radius 3 is 2.50 bits per heavy atom. The summed E-state index contributed by atoms with van der Waals surface area (Å²) >= 11 is 0. The highest BCUT2D eigenvalue weighted by Gasteiger charge is 2.26. The van der Waals surface area contributed by atoms with E-state index in [1.165, 1.54) is 0 Å². The molecule has 0 spiro atoms. The molecule has 0 aliphatic carbocycles. The maximum absolute atomic E-state index is 12.5. The third-order valence-corrected chi connectivity index (χ3v) is 6.22. The van der Waals surface area contributed by atoms with Gasteiger partial charge in [-0.3, -0.25) is 9.59 Å². The van der Waals surface area contributed by atoms with E-state index in [0.717, 1.165) is 11.1 Å². The predicted molar refractivity (Wildman–Crippen MR) is 122 cm³/mol. The summed E-state index contributed by atoms with van der Waals surface area (Å²) in [5.41, 5.74) is 1.72. The standard InChI is InChI=1S/C24H30N2O5S/c1-3-31-24(28)22(18-21-13-8-5-9-14-21)26-32(29,30)16-10-15-25-23(27)19(2)17-20-11-6-4-7-12-20/h4-6,8-9,11,13-14,19,22,26H,3,10,15-18H2,1-2H3,(H,25,27)/t19-,22-/m0/s1. The minimum absolute atomic E-state index is 0.152. The first-order valence-corrected chi connectivity index (χ1v) is 12.3. The average Bonchev–Trinajstić information content (AvgIpc) is 2.77. The number of nitrogens with one attached hydrogen (secondary N) is 2. The molecule has 0 aliphatic rings. The van der Waals surface area contributed by atoms with Gasteiger partial charge >= 0.3 is 5.97 Å². The molecule has 32 heavy (non-hydrogen) atoms. The molecule has 0 aliphatic heterocycles. The lowest BCUT2D eigenvalue weighted by atomic mass is 10.0. The molecule has 0 radical (unpaired) electrons. The summed E-state index contributed by atoms with van der Waals surface area (Å²) in [6, 6.07) is 19.4. The van der Waals surface area contributed by atoms with Gasteiger partial charge in [0.15, 0.2) is 0 Å². The first-order valence-electron chi connectivity index (χ1n) is 10.7. The van der Waals surface area contributed by atoms with E-state index < -0.39 is 22.0 Å². The fourth-order valence-corrected chi connectivity index (χ4v) is 4.37. The Balaban J connectivity index is 1.82. The molecule has 0 aromatic heterocycles. The van der Waals surface area contributed by atoms with Crippen LogP contribution in [0.25, 0.3) is 0 Å². The number of carbonyl (C=O) groups is 2. The smallest absolute Gasteiger partial charge is 0.324 e. The Morgan fingerprint density at radius 1 is 1.09 bits per heavy atom. The molecule has 8 heteroatoms. The number of amides is 1. The Bertz CT molecular complexity index is 949. The highest BCUT2D eigenvalue weighted by atomic mass is 32.2. The monoisotopic (exact) mass is 458 g/mol. The van der Waals surface area contributed by atoms with Crippen LogP contribution in [-0.2, 0) is 37.2 Å². The SMILES string of the molecule is CCOC(=O)[C@H](Cc1ccccc1)NS(=O)(=O)CCCNC(=O)[C@@H](C)Cc1c#cccc1. The van der Waals surface area contributed by atoms with Crippen molar-refractivity contribution in [3.05, 3.63) is 71.8 Å². The van der Waals surface area contributed by atoms with Crippen LogP contribution in [0.5, 0.6) is 0 Å². The van der Waals surface area contributed by atoms with Gasteiger partial charge in [0.25, 0.3) is 0 Å². The van der Waals surface area contributed by atoms with Crippen LogP contribution in [0.3, 0.4) is 0 Å². The Labute approximate surface area is 190 Å². The fourth-order valence-electron chi connectivity index (χ4n) is 3.12. The first kappa shape index (κ1) is 25.4. The van der Waals surface area contributed by atoms with Crippen LogP contribution in [0.4, 0.5) is 0 Å². The van der Waals surface area contributed by atoms with Crippen molar-refractivity contribution in [3.63, 3.8) is 0 Å². The van der Waals surface area contributed by atoms with Crippen LogP contribution in [0.1, 0.15) is 31.4 Å². The maximum Gasteiger partial charge on any atom is 0.324 e. The van der Waals surface area contributed by atoms with E-state index in [0.29, 0.717) is 6.42 Å². The summed E-state index contributed by atoms with van der Waals surface area (Å²) < 4.78 is 32.5. The van der Waals surface area contributed by atoms with Gasteiger partial charge in [0.1, 0.15) is 6.04 Å². The van der Waals surface area contributed by atoms with Crippen LogP contribution < -0.4 is 10.0 Å². The molecular formula is C24H30N2O5S. The quantitative estimate of drug-likeness (QED) is 0.353. The second-order valence-electron chi connectivity index (χ2n) is 7.50. The van der Waals surface area contributed by atoms with Crippen molar-refractivity contribution in [2.75, 3.05) is 18.9 Å². The van der Waals surface area contributed by atoms with E-state index in [9.17, 15) is 18.0 Å². The summed E-state index contributed by atoms with van der Waals surface area (Å²) in [6.45, 7) is 3.86. The first-order chi connectivity index (χ1) is 15.3. The molecule has 0 saturated heterocycles. The van der Waals surface area contributed by atoms with E-state index in [1.54, 1.807) is 13.0 Å². The molecule has 2 aromatic rings. The van der Waals surface area contributed by atoms with Crippen molar-refractivity contribution in [2.24, 2.45) is 5.92 Å². The molecule has 0 bridgehead atoms. The highest BCUT2D eigenvalue weighted by Crippen LogP contribution is 2.08. The van der Waals surface area contributed by atoms with Crippen molar-refractivity contribution in [1.82, 2.24) is 10.0 Å². The van der Waals surface area contributed by atoms with Crippen LogP contribution in [0.2, 0.25) is 0 Å². The normalized spacial score (nSPS) is 12.9. The van der Waals surface area contributed by atoms with Gasteiger partial charge in [-0.1, -0.05) is 55.5 Å². The number of hydrogen-bond acceptors (Lipinski definition) is 5. The number of rotatable bonds is 13. The number of esters is 1. The lowest BCUT2D eigenvalue weighted by Gasteiger charge is -2.18. The molecule has 172 valence electrons. The van der Waals surface area contributed by atoms with Crippen LogP contribution >= 0.6 is 0 Å². The van der Waals surface area contributed by atoms with Gasteiger partial charge in [-0.2, -0.15) is 0 Å². The van der Waals surface area contributed by atoms with E-state index in [-0.39, 0.29) is 43.6 Å². The van der Waals surface area contributed by atoms with Gasteiger partial charge in [0.2, 0.25) is 15.9 Å². The summed E-state index contributed by atoms with van der Waals surface area (Å²) in [4.78, 5) is 24.5. The molecule has 2 N–H and O–H groups in total. The molecule has 1 amide bonds. The zero-order valence-corrected chi connectivity index (χ0v) is 19.3. The lowest BCUT2D eigenvalue weighted by molar-refractivity contribution is -0.145. The van der Waals surface area contributed by atoms with E-state index in [4.69, 9.17) is 4.74 Å². The largest absolute Gasteiger partial charge is 0.465 e. The fraction of sp³-hybridized carbons (Fsp3) is 0.417. The molecule has 2 atom stereocenters. The molecule has 0 unspecified atom stereocenters. The molecule has 2 aromatic carbocycles. The van der Waals surface area contributed by atoms with Crippen molar-refractivity contribution in [2.45, 2.75) is 39.2 Å². The third kappa shape index (κ3) is 9.08. The lowest BCUT2D eigenvalue weighted by Crippen LogP contribution is -2.44. The zero-order valence-electron chi connectivity index (χ0n) is 18.5. The molecule has 2 rings (SSSR count). The van der Waals surface area contributed by atoms with E-state index in [2.05, 4.69) is 22.2 Å². The summed E-state index contributed by atoms with van der Waals surface area (Å²) in [5, 5.41) is 2.76. The van der Waals surface area contributed by atoms with Gasteiger partial charge < -0.3 is 10.1 Å². The second kappa shape index (κ2) is 12.8. The van der Waals surface area contributed by atoms with Crippen LogP contribution in [0, 0.1) is 18.1 Å². The van der Waals surface area contributed by atoms with Gasteiger partial charge in [0.05, 0.1) is 12.4 Å². The van der Waals surface area contributed by atoms with Gasteiger partial charge in [-0.05, 0) is 43.9 Å². The molecule has 0 fully saturated rings. The topological polar surface area (TPSA) is 102 Å². The van der Waals surface area contributed by atoms with Gasteiger partial charge in [-0.15, -0.1) is 0 Å². The summed E-state index contributed by atoms with van der Waals surface area (Å²) in [6.07, 6.45) is 0.949. The van der Waals surface area contributed by atoms with Gasteiger partial charge in [-0.25, -0.2) is 13.1 Å². The minimum atomic E-state index is -3.74. The highest BCUT2D eigenvalue weighted by molar-refractivity contribution is 7.89. The number of benzene rings is 1. The molecule has 0 heterocycles. The van der Waals surface area contributed by atoms with Crippen molar-refractivity contribution in [3.8, 4) is 0 Å². The summed E-state index contributed by atoms with van der Waals surface area (Å²) in [7, 11) is -3.74. The summed E-state index contributed by atoms with van der Waals surface area (Å²) in [5.74, 6) is -1.25. The van der Waals surface area contributed by atoms with Crippen LogP contribution in [-0.4, -0.2) is 45.2 Å². The number of sulfonamides is 1. The van der Waals surface area contributed by atoms with Crippen molar-refractivity contribution >= 4 is 21.9 Å². The van der Waals surface area contributed by atoms with Crippen molar-refractivity contribution < 1.29 is 22.7 Å². The average molecular weight is 459 g/mol. The Kier molecular flexibility index (Phi) is 10.2. The molecule has 7 nitrogen and oxygen atoms in total. The Morgan fingerprint density at radius 2 is 1.84 bits per heavy atom. The van der Waals surface area contributed by atoms with Crippen molar-refractivity contribution in [1.29, 1.82) is 0 Å². The zero-order chi connectivity index (χ0) is 23.4. The Hall–Kier alpha value is -2.89. The number of carbonyl (C=O) groups excluding carboxylic acids is 2. The molecular weight excluding hydrogens is 428 g/mol. The van der Waals surface area contributed by atoms with Crippen LogP contribution in [0.15, 0.2) is 48.5 Å². The predicted octanol–water partition coefficient (Wildman–Crippen LogP) is 2.07.